The maximum atomic E-state index is 11.8. The van der Waals surface area contributed by atoms with Crippen molar-refractivity contribution >= 4 is 16.0 Å². The Balaban J connectivity index is 1.51. The molecule has 1 saturated heterocycles. The summed E-state index contributed by atoms with van der Waals surface area (Å²) in [6, 6.07) is 9.48. The zero-order valence-corrected chi connectivity index (χ0v) is 17.7. The van der Waals surface area contributed by atoms with Gasteiger partial charge in [-0.3, -0.25) is 9.89 Å². The topological polar surface area (TPSA) is 103 Å². The average Bonchev–Trinajstić information content (AvgIpc) is 3.23. The third-order valence-electron chi connectivity index (χ3n) is 4.87. The first-order valence-electron chi connectivity index (χ1n) is 9.55. The Labute approximate surface area is 171 Å². The Morgan fingerprint density at radius 1 is 1.21 bits per heavy atom. The minimum Gasteiger partial charge on any atom is -0.364 e. The molecule has 0 amide bonds. The summed E-state index contributed by atoms with van der Waals surface area (Å²) in [5.41, 5.74) is 2.72. The fourth-order valence-corrected chi connectivity index (χ4v) is 4.06. The number of benzene rings is 1. The molecule has 158 valence electrons. The lowest BCUT2D eigenvalue weighted by Gasteiger charge is -2.36. The Bertz CT molecular complexity index is 906. The van der Waals surface area contributed by atoms with Crippen molar-refractivity contribution in [1.29, 1.82) is 0 Å². The van der Waals surface area contributed by atoms with E-state index in [0.29, 0.717) is 6.54 Å². The minimum absolute atomic E-state index is 0.0282. The van der Waals surface area contributed by atoms with Crippen LogP contribution in [0.5, 0.6) is 0 Å². The zero-order chi connectivity index (χ0) is 20.7. The van der Waals surface area contributed by atoms with E-state index in [1.807, 2.05) is 30.3 Å². The molecule has 0 aliphatic carbocycles. The molecule has 0 radical (unpaired) electrons. The highest BCUT2D eigenvalue weighted by molar-refractivity contribution is 7.88. The van der Waals surface area contributed by atoms with E-state index in [1.54, 1.807) is 13.3 Å². The molecular formula is C19H28N6O3S. The summed E-state index contributed by atoms with van der Waals surface area (Å²) in [6.07, 6.45) is 1.60. The van der Waals surface area contributed by atoms with E-state index >= 15 is 0 Å². The first kappa shape index (κ1) is 21.3. The zero-order valence-electron chi connectivity index (χ0n) is 16.8. The molecule has 2 aromatic rings. The number of aromatic nitrogens is 1. The molecule has 0 unspecified atom stereocenters. The van der Waals surface area contributed by atoms with Crippen molar-refractivity contribution < 1.29 is 12.9 Å². The second-order valence-corrected chi connectivity index (χ2v) is 8.86. The lowest BCUT2D eigenvalue weighted by Crippen LogP contribution is -2.52. The highest BCUT2D eigenvalue weighted by Crippen LogP contribution is 2.10. The fraction of sp³-hybridized carbons (Fsp3) is 0.474. The molecule has 0 spiro atoms. The summed E-state index contributed by atoms with van der Waals surface area (Å²) in [7, 11) is -0.0793. The molecule has 2 heterocycles. The van der Waals surface area contributed by atoms with Crippen molar-refractivity contribution in [3.05, 3.63) is 53.4 Å². The second-order valence-electron chi connectivity index (χ2n) is 6.94. The molecular weight excluding hydrogens is 392 g/mol. The SMILES string of the molecule is CN=C(NCc1cccc(CS(=O)(=O)NC)c1)N1CCN(Cc2ccon2)CC1. The van der Waals surface area contributed by atoms with Crippen LogP contribution in [0.1, 0.15) is 16.8 Å². The summed E-state index contributed by atoms with van der Waals surface area (Å²) in [6.45, 7) is 4.96. The van der Waals surface area contributed by atoms with Gasteiger partial charge in [-0.25, -0.2) is 13.1 Å². The van der Waals surface area contributed by atoms with Crippen LogP contribution in [0.3, 0.4) is 0 Å². The number of rotatable bonds is 7. The number of guanidine groups is 1. The Kier molecular flexibility index (Phi) is 7.24. The largest absolute Gasteiger partial charge is 0.364 e. The van der Waals surface area contributed by atoms with Crippen LogP contribution >= 0.6 is 0 Å². The van der Waals surface area contributed by atoms with Gasteiger partial charge in [-0.2, -0.15) is 0 Å². The van der Waals surface area contributed by atoms with Crippen LogP contribution in [-0.4, -0.2) is 69.6 Å². The van der Waals surface area contributed by atoms with E-state index in [-0.39, 0.29) is 5.75 Å². The smallest absolute Gasteiger partial charge is 0.215 e. The van der Waals surface area contributed by atoms with E-state index in [1.165, 1.54) is 7.05 Å². The molecule has 2 N–H and O–H groups in total. The van der Waals surface area contributed by atoms with Crippen LogP contribution in [-0.2, 0) is 28.9 Å². The number of nitrogens with one attached hydrogen (secondary N) is 2. The summed E-state index contributed by atoms with van der Waals surface area (Å²) in [5, 5.41) is 7.36. The van der Waals surface area contributed by atoms with Crippen LogP contribution in [0.15, 0.2) is 46.1 Å². The van der Waals surface area contributed by atoms with Crippen molar-refractivity contribution in [2.24, 2.45) is 4.99 Å². The molecule has 1 fully saturated rings. The van der Waals surface area contributed by atoms with Gasteiger partial charge in [0.25, 0.3) is 0 Å². The number of hydrogen-bond acceptors (Lipinski definition) is 6. The van der Waals surface area contributed by atoms with Crippen LogP contribution in [0.2, 0.25) is 0 Å². The van der Waals surface area contributed by atoms with E-state index in [2.05, 4.69) is 30.0 Å². The van der Waals surface area contributed by atoms with Crippen molar-refractivity contribution in [3.63, 3.8) is 0 Å². The van der Waals surface area contributed by atoms with Crippen molar-refractivity contribution in [2.45, 2.75) is 18.8 Å². The number of sulfonamides is 1. The monoisotopic (exact) mass is 420 g/mol. The van der Waals surface area contributed by atoms with Gasteiger partial charge in [-0.1, -0.05) is 29.4 Å². The normalized spacial score (nSPS) is 16.2. The lowest BCUT2D eigenvalue weighted by atomic mass is 10.1. The maximum Gasteiger partial charge on any atom is 0.215 e. The third kappa shape index (κ3) is 6.28. The van der Waals surface area contributed by atoms with Crippen LogP contribution in [0, 0.1) is 0 Å². The number of nitrogens with zero attached hydrogens (tertiary/aromatic N) is 4. The van der Waals surface area contributed by atoms with Crippen LogP contribution in [0.25, 0.3) is 0 Å². The number of piperazine rings is 1. The Morgan fingerprint density at radius 2 is 1.97 bits per heavy atom. The predicted molar refractivity (Wildman–Crippen MR) is 112 cm³/mol. The Hall–Kier alpha value is -2.43. The van der Waals surface area contributed by atoms with Gasteiger partial charge in [0.15, 0.2) is 5.96 Å². The van der Waals surface area contributed by atoms with Gasteiger partial charge in [0, 0.05) is 52.4 Å². The van der Waals surface area contributed by atoms with Gasteiger partial charge in [0.1, 0.15) is 6.26 Å². The molecule has 3 rings (SSSR count). The van der Waals surface area contributed by atoms with Crippen molar-refractivity contribution in [3.8, 4) is 0 Å². The number of aliphatic imine (C=N–C) groups is 1. The van der Waals surface area contributed by atoms with Gasteiger partial charge < -0.3 is 14.7 Å². The lowest BCUT2D eigenvalue weighted by molar-refractivity contribution is 0.169. The van der Waals surface area contributed by atoms with E-state index in [0.717, 1.165) is 55.5 Å². The highest BCUT2D eigenvalue weighted by Gasteiger charge is 2.20. The first-order valence-corrected chi connectivity index (χ1v) is 11.2. The summed E-state index contributed by atoms with van der Waals surface area (Å²) in [4.78, 5) is 8.97. The van der Waals surface area contributed by atoms with Gasteiger partial charge in [0.05, 0.1) is 11.4 Å². The van der Waals surface area contributed by atoms with Gasteiger partial charge in [0.2, 0.25) is 10.0 Å². The third-order valence-corrected chi connectivity index (χ3v) is 6.21. The molecule has 10 heteroatoms. The van der Waals surface area contributed by atoms with Crippen LogP contribution in [0.4, 0.5) is 0 Å². The van der Waals surface area contributed by atoms with E-state index in [4.69, 9.17) is 4.52 Å². The molecule has 1 aromatic heterocycles. The van der Waals surface area contributed by atoms with E-state index in [9.17, 15) is 8.42 Å². The Morgan fingerprint density at radius 3 is 2.62 bits per heavy atom. The first-order chi connectivity index (χ1) is 14.0. The van der Waals surface area contributed by atoms with Gasteiger partial charge >= 0.3 is 0 Å². The summed E-state index contributed by atoms with van der Waals surface area (Å²) < 4.78 is 30.8. The second kappa shape index (κ2) is 9.86. The van der Waals surface area contributed by atoms with Crippen molar-refractivity contribution in [2.75, 3.05) is 40.3 Å². The average molecular weight is 421 g/mol. The van der Waals surface area contributed by atoms with E-state index < -0.39 is 10.0 Å². The summed E-state index contributed by atoms with van der Waals surface area (Å²) >= 11 is 0. The molecule has 1 aromatic carbocycles. The molecule has 29 heavy (non-hydrogen) atoms. The molecule has 1 aliphatic rings. The predicted octanol–water partition coefficient (Wildman–Crippen LogP) is 0.617. The van der Waals surface area contributed by atoms with Crippen molar-refractivity contribution in [1.82, 2.24) is 25.0 Å². The number of hydrogen-bond donors (Lipinski definition) is 2. The molecule has 0 saturated carbocycles. The quantitative estimate of drug-likeness (QED) is 0.500. The minimum atomic E-state index is -3.28. The molecule has 9 nitrogen and oxygen atoms in total. The maximum absolute atomic E-state index is 11.8. The fourth-order valence-electron chi connectivity index (χ4n) is 3.30. The molecule has 0 atom stereocenters. The standard InChI is InChI=1S/C19H28N6O3S/c1-20-19(25-9-7-24(8-10-25)14-18-6-11-28-23-18)22-13-16-4-3-5-17(12-16)15-29(26,27)21-2/h3-6,11-12,21H,7-10,13-15H2,1-2H3,(H,20,22). The summed E-state index contributed by atoms with van der Waals surface area (Å²) in [5.74, 6) is 0.818. The highest BCUT2D eigenvalue weighted by atomic mass is 32.2. The van der Waals surface area contributed by atoms with Gasteiger partial charge in [-0.15, -0.1) is 0 Å². The molecule has 0 bridgehead atoms. The van der Waals surface area contributed by atoms with Gasteiger partial charge in [-0.05, 0) is 18.2 Å². The van der Waals surface area contributed by atoms with Crippen LogP contribution < -0.4 is 10.0 Å². The molecule has 1 aliphatic heterocycles.